The highest BCUT2D eigenvalue weighted by molar-refractivity contribution is 4.88. The van der Waals surface area contributed by atoms with Crippen molar-refractivity contribution in [3.63, 3.8) is 0 Å². The minimum atomic E-state index is 0. The Morgan fingerprint density at radius 3 is 1.35 bits per heavy atom. The molecule has 0 amide bonds. The molecule has 3 aliphatic carbocycles. The van der Waals surface area contributed by atoms with Crippen LogP contribution in [0.3, 0.4) is 0 Å². The highest BCUT2D eigenvalue weighted by atomic mass is 14.4. The third-order valence-electron chi connectivity index (χ3n) is 3.62. The van der Waals surface area contributed by atoms with E-state index in [9.17, 15) is 0 Å². The molecule has 0 aliphatic heterocycles. The van der Waals surface area contributed by atoms with Crippen molar-refractivity contribution in [3.8, 4) is 0 Å². The van der Waals surface area contributed by atoms with Gasteiger partial charge >= 0.3 is 0 Å². The predicted octanol–water partition coefficient (Wildman–Crippen LogP) is 6.08. The van der Waals surface area contributed by atoms with Gasteiger partial charge in [0.2, 0.25) is 0 Å². The molecule has 0 nitrogen and oxygen atoms in total. The van der Waals surface area contributed by atoms with Crippen molar-refractivity contribution >= 4 is 0 Å². The predicted molar refractivity (Wildman–Crippen MR) is 80.2 cm³/mol. The minimum absolute atomic E-state index is 0. The molecular weight excluding hydrogens is 204 g/mol. The van der Waals surface area contributed by atoms with Crippen LogP contribution in [0, 0.1) is 23.2 Å². The van der Waals surface area contributed by atoms with Crippen molar-refractivity contribution in [3.05, 3.63) is 12.7 Å². The number of hydrogen-bond donors (Lipinski definition) is 0. The molecule has 0 heteroatoms. The van der Waals surface area contributed by atoms with Crippen molar-refractivity contribution < 1.29 is 0 Å². The Bertz CT molecular complexity index is 197. The lowest BCUT2D eigenvalue weighted by molar-refractivity contribution is 0.351. The van der Waals surface area contributed by atoms with Gasteiger partial charge in [0.1, 0.15) is 0 Å². The number of rotatable bonds is 1. The van der Waals surface area contributed by atoms with Gasteiger partial charge in [0.05, 0.1) is 0 Å². The molecule has 0 spiro atoms. The lowest BCUT2D eigenvalue weighted by Crippen LogP contribution is -2.06. The molecule has 0 bridgehead atoms. The fourth-order valence-corrected chi connectivity index (χ4v) is 1.45. The lowest BCUT2D eigenvalue weighted by Gasteiger charge is -2.15. The zero-order valence-corrected chi connectivity index (χ0v) is 11.8. The molecule has 17 heavy (non-hydrogen) atoms. The topological polar surface area (TPSA) is 0 Å². The summed E-state index contributed by atoms with van der Waals surface area (Å²) in [5.41, 5.74) is 0.611. The summed E-state index contributed by atoms with van der Waals surface area (Å²) >= 11 is 0. The Hall–Kier alpha value is -0.260. The van der Waals surface area contributed by atoms with E-state index in [1.165, 1.54) is 38.5 Å². The van der Waals surface area contributed by atoms with E-state index in [4.69, 9.17) is 0 Å². The SMILES string of the molecule is C.C=CC1CC1.CC(C)(C)C1CC1.CC1CC1. The van der Waals surface area contributed by atoms with Crippen molar-refractivity contribution in [2.24, 2.45) is 23.2 Å². The maximum atomic E-state index is 3.62. The van der Waals surface area contributed by atoms with Crippen LogP contribution < -0.4 is 0 Å². The lowest BCUT2D eigenvalue weighted by atomic mass is 9.91. The molecule has 0 unspecified atom stereocenters. The van der Waals surface area contributed by atoms with Crippen LogP contribution >= 0.6 is 0 Å². The van der Waals surface area contributed by atoms with Crippen molar-refractivity contribution in [1.82, 2.24) is 0 Å². The molecule has 0 aromatic heterocycles. The van der Waals surface area contributed by atoms with E-state index < -0.39 is 0 Å². The maximum absolute atomic E-state index is 3.62. The second-order valence-corrected chi connectivity index (χ2v) is 6.90. The van der Waals surface area contributed by atoms with Crippen LogP contribution in [0.5, 0.6) is 0 Å². The summed E-state index contributed by atoms with van der Waals surface area (Å²) in [6, 6.07) is 0. The second kappa shape index (κ2) is 7.24. The fraction of sp³-hybridized carbons (Fsp3) is 0.882. The van der Waals surface area contributed by atoms with E-state index in [-0.39, 0.29) is 7.43 Å². The second-order valence-electron chi connectivity index (χ2n) is 6.90. The normalized spacial score (nSPS) is 22.1. The quantitative estimate of drug-likeness (QED) is 0.486. The molecule has 3 aliphatic rings. The zero-order valence-electron chi connectivity index (χ0n) is 11.8. The van der Waals surface area contributed by atoms with Gasteiger partial charge in [-0.15, -0.1) is 6.58 Å². The van der Waals surface area contributed by atoms with Gasteiger partial charge in [-0.3, -0.25) is 0 Å². The molecule has 0 aromatic carbocycles. The maximum Gasteiger partial charge on any atom is -0.0236 e. The first-order valence-corrected chi connectivity index (χ1v) is 7.06. The van der Waals surface area contributed by atoms with E-state index in [2.05, 4.69) is 34.3 Å². The average Bonchev–Trinajstić information content (AvgIpc) is 2.97. The van der Waals surface area contributed by atoms with Crippen LogP contribution in [0.4, 0.5) is 0 Å². The smallest absolute Gasteiger partial charge is 0.0236 e. The van der Waals surface area contributed by atoms with Crippen LogP contribution in [-0.4, -0.2) is 0 Å². The molecule has 0 atom stereocenters. The molecule has 3 saturated carbocycles. The van der Waals surface area contributed by atoms with Gasteiger partial charge in [-0.25, -0.2) is 0 Å². The number of hydrogen-bond acceptors (Lipinski definition) is 0. The summed E-state index contributed by atoms with van der Waals surface area (Å²) in [4.78, 5) is 0. The Balaban J connectivity index is 0.000000228. The molecule has 3 fully saturated rings. The van der Waals surface area contributed by atoms with Crippen LogP contribution in [-0.2, 0) is 0 Å². The van der Waals surface area contributed by atoms with Gasteiger partial charge in [0.15, 0.2) is 0 Å². The Labute approximate surface area is 110 Å². The number of allylic oxidation sites excluding steroid dienone is 1. The molecule has 102 valence electrons. The Morgan fingerprint density at radius 1 is 0.941 bits per heavy atom. The third kappa shape index (κ3) is 10.6. The minimum Gasteiger partial charge on any atom is -0.103 e. The monoisotopic (exact) mass is 238 g/mol. The van der Waals surface area contributed by atoms with Gasteiger partial charge in [-0.1, -0.05) is 54.0 Å². The van der Waals surface area contributed by atoms with E-state index in [0.717, 1.165) is 17.8 Å². The van der Waals surface area contributed by atoms with Gasteiger partial charge in [-0.2, -0.15) is 0 Å². The van der Waals surface area contributed by atoms with Crippen LogP contribution in [0.25, 0.3) is 0 Å². The van der Waals surface area contributed by atoms with E-state index in [1.54, 1.807) is 0 Å². The highest BCUT2D eigenvalue weighted by Crippen LogP contribution is 2.44. The summed E-state index contributed by atoms with van der Waals surface area (Å²) in [6.45, 7) is 12.9. The molecule has 0 saturated heterocycles. The molecule has 0 radical (unpaired) electrons. The summed E-state index contributed by atoms with van der Waals surface area (Å²) in [7, 11) is 0. The van der Waals surface area contributed by atoms with Crippen LogP contribution in [0.2, 0.25) is 0 Å². The Kier molecular flexibility index (Phi) is 7.13. The molecule has 0 aromatic rings. The fourth-order valence-electron chi connectivity index (χ4n) is 1.45. The van der Waals surface area contributed by atoms with Gasteiger partial charge in [0, 0.05) is 0 Å². The largest absolute Gasteiger partial charge is 0.103 e. The van der Waals surface area contributed by atoms with Gasteiger partial charge in [-0.05, 0) is 48.9 Å². The summed E-state index contributed by atoms with van der Waals surface area (Å²) in [6.07, 6.45) is 10.7. The average molecular weight is 238 g/mol. The summed E-state index contributed by atoms with van der Waals surface area (Å²) in [5, 5.41) is 0. The van der Waals surface area contributed by atoms with E-state index in [1.807, 2.05) is 6.08 Å². The van der Waals surface area contributed by atoms with E-state index in [0.29, 0.717) is 5.41 Å². The van der Waals surface area contributed by atoms with Crippen LogP contribution in [0.1, 0.15) is 73.6 Å². The molecule has 3 rings (SSSR count). The first-order chi connectivity index (χ1) is 7.43. The highest BCUT2D eigenvalue weighted by Gasteiger charge is 2.33. The van der Waals surface area contributed by atoms with Gasteiger partial charge < -0.3 is 0 Å². The molecule has 0 heterocycles. The van der Waals surface area contributed by atoms with E-state index >= 15 is 0 Å². The standard InChI is InChI=1S/C7H14.C5H8.C4H8.CH4/c1-7(2,3)6-4-5-6;1-2-5-3-4-5;1-4-2-3-4;/h6H,4-5H2,1-3H3;2,5H,1,3-4H2;4H,2-3H2,1H3;1H4. The van der Waals surface area contributed by atoms with Crippen LogP contribution in [0.15, 0.2) is 12.7 Å². The first-order valence-electron chi connectivity index (χ1n) is 7.06. The van der Waals surface area contributed by atoms with Gasteiger partial charge in [0.25, 0.3) is 0 Å². The summed E-state index contributed by atoms with van der Waals surface area (Å²) in [5.74, 6) is 3.03. The molecular formula is C17H34. The first kappa shape index (κ1) is 16.7. The summed E-state index contributed by atoms with van der Waals surface area (Å²) < 4.78 is 0. The van der Waals surface area contributed by atoms with Crippen molar-refractivity contribution in [2.75, 3.05) is 0 Å². The third-order valence-corrected chi connectivity index (χ3v) is 3.62. The molecule has 0 N–H and O–H groups in total. The zero-order chi connectivity index (χ0) is 12.2. The van der Waals surface area contributed by atoms with Crippen molar-refractivity contribution in [2.45, 2.75) is 73.6 Å². The Morgan fingerprint density at radius 2 is 1.35 bits per heavy atom. The van der Waals surface area contributed by atoms with Crippen molar-refractivity contribution in [1.29, 1.82) is 0 Å².